The van der Waals surface area contributed by atoms with Crippen LogP contribution in [0.5, 0.6) is 23.0 Å². The molecule has 8 heteroatoms. The predicted octanol–water partition coefficient (Wildman–Crippen LogP) is 6.03. The molecule has 0 atom stereocenters. The van der Waals surface area contributed by atoms with E-state index in [4.69, 9.17) is 18.9 Å². The number of esters is 4. The number of carbonyl (C=O) groups is 4. The van der Waals surface area contributed by atoms with E-state index in [2.05, 4.69) is 26.3 Å². The molecule has 8 nitrogen and oxygen atoms in total. The van der Waals surface area contributed by atoms with Crippen LogP contribution in [0.25, 0.3) is 32.7 Å². The Morgan fingerprint density at radius 3 is 1.65 bits per heavy atom. The highest BCUT2D eigenvalue weighted by Gasteiger charge is 2.20. The molecule has 0 spiro atoms. The van der Waals surface area contributed by atoms with E-state index in [-0.39, 0.29) is 23.0 Å². The van der Waals surface area contributed by atoms with Crippen LogP contribution >= 0.6 is 0 Å². The number of fused-ring (bicyclic) bond motifs is 3. The van der Waals surface area contributed by atoms with Crippen molar-refractivity contribution in [1.29, 1.82) is 0 Å². The molecule has 198 valence electrons. The summed E-state index contributed by atoms with van der Waals surface area (Å²) in [5, 5.41) is 2.82. The van der Waals surface area contributed by atoms with Gasteiger partial charge in [-0.2, -0.15) is 0 Å². The molecule has 0 fully saturated rings. The number of hydrogen-bond acceptors (Lipinski definition) is 8. The molecular formula is C32H22O8. The lowest BCUT2D eigenvalue weighted by Crippen LogP contribution is -2.09. The van der Waals surface area contributed by atoms with E-state index in [9.17, 15) is 19.2 Å². The molecule has 0 unspecified atom stereocenters. The van der Waals surface area contributed by atoms with Crippen LogP contribution in [0.3, 0.4) is 0 Å². The van der Waals surface area contributed by atoms with Gasteiger partial charge in [-0.25, -0.2) is 19.2 Å². The third-order valence-corrected chi connectivity index (χ3v) is 5.71. The van der Waals surface area contributed by atoms with Gasteiger partial charge in [-0.15, -0.1) is 0 Å². The average molecular weight is 535 g/mol. The molecule has 0 amide bonds. The summed E-state index contributed by atoms with van der Waals surface area (Å²) in [5.74, 6) is -2.88. The number of ether oxygens (including phenoxy) is 4. The number of carbonyl (C=O) groups excluding carboxylic acids is 4. The summed E-state index contributed by atoms with van der Waals surface area (Å²) >= 11 is 0. The third-order valence-electron chi connectivity index (χ3n) is 5.71. The fourth-order valence-corrected chi connectivity index (χ4v) is 4.00. The SMILES string of the molecule is C=CC(=O)Oc1cc2ccc3c(-c4cccc(OC(=O)C=C)c4OC(=O)C=C)cccc3c2cc1OC(=O)C=C. The van der Waals surface area contributed by atoms with Crippen molar-refractivity contribution in [1.82, 2.24) is 0 Å². The predicted molar refractivity (Wildman–Crippen MR) is 150 cm³/mol. The Labute approximate surface area is 229 Å². The highest BCUT2D eigenvalue weighted by atomic mass is 16.6. The van der Waals surface area contributed by atoms with Crippen LogP contribution < -0.4 is 18.9 Å². The minimum atomic E-state index is -0.746. The van der Waals surface area contributed by atoms with Crippen molar-refractivity contribution in [2.75, 3.05) is 0 Å². The smallest absolute Gasteiger partial charge is 0.335 e. The van der Waals surface area contributed by atoms with Crippen molar-refractivity contribution >= 4 is 45.4 Å². The number of para-hydroxylation sites is 1. The summed E-state index contributed by atoms with van der Waals surface area (Å²) in [6.07, 6.45) is 3.97. The monoisotopic (exact) mass is 534 g/mol. The Bertz CT molecular complexity index is 1750. The number of benzene rings is 4. The van der Waals surface area contributed by atoms with Gasteiger partial charge in [0, 0.05) is 29.9 Å². The topological polar surface area (TPSA) is 105 Å². The van der Waals surface area contributed by atoms with Crippen LogP contribution in [0.2, 0.25) is 0 Å². The van der Waals surface area contributed by atoms with Crippen molar-refractivity contribution in [3.05, 3.63) is 111 Å². The summed E-state index contributed by atoms with van der Waals surface area (Å²) in [5.41, 5.74) is 1.11. The largest absolute Gasteiger partial charge is 0.419 e. The second-order valence-electron chi connectivity index (χ2n) is 8.12. The molecule has 0 aliphatic carbocycles. The highest BCUT2D eigenvalue weighted by Crippen LogP contribution is 2.43. The van der Waals surface area contributed by atoms with Crippen molar-refractivity contribution in [2.45, 2.75) is 0 Å². The first-order valence-electron chi connectivity index (χ1n) is 11.8. The Kier molecular flexibility index (Phi) is 8.01. The Hall–Kier alpha value is -5.76. The highest BCUT2D eigenvalue weighted by molar-refractivity contribution is 6.13. The lowest BCUT2D eigenvalue weighted by Gasteiger charge is -2.16. The van der Waals surface area contributed by atoms with Crippen molar-refractivity contribution < 1.29 is 38.1 Å². The molecule has 0 heterocycles. The summed E-state index contributed by atoms with van der Waals surface area (Å²) in [6, 6.07) is 17.1. The molecule has 0 aliphatic heterocycles. The molecule has 4 aromatic rings. The minimum Gasteiger partial charge on any atom is -0.419 e. The Balaban J connectivity index is 1.97. The van der Waals surface area contributed by atoms with E-state index in [0.29, 0.717) is 21.9 Å². The maximum atomic E-state index is 12.2. The minimum absolute atomic E-state index is 0.00411. The molecule has 40 heavy (non-hydrogen) atoms. The maximum Gasteiger partial charge on any atom is 0.335 e. The van der Waals surface area contributed by atoms with E-state index in [1.165, 1.54) is 6.07 Å². The lowest BCUT2D eigenvalue weighted by molar-refractivity contribution is -0.131. The zero-order chi connectivity index (χ0) is 28.8. The molecule has 4 aromatic carbocycles. The van der Waals surface area contributed by atoms with Crippen LogP contribution in [-0.4, -0.2) is 23.9 Å². The van der Waals surface area contributed by atoms with Gasteiger partial charge in [0.15, 0.2) is 23.0 Å². The molecule has 0 aliphatic rings. The summed E-state index contributed by atoms with van der Waals surface area (Å²) in [7, 11) is 0. The van der Waals surface area contributed by atoms with Gasteiger partial charge in [0.2, 0.25) is 0 Å². The Morgan fingerprint density at radius 2 is 1.02 bits per heavy atom. The summed E-state index contributed by atoms with van der Waals surface area (Å²) in [4.78, 5) is 48.1. The van der Waals surface area contributed by atoms with Crippen LogP contribution in [-0.2, 0) is 19.2 Å². The standard InChI is InChI=1S/C32H22O8/c1-5-28(33)37-25-14-10-13-23(32(25)40-31(36)8-4)20-11-9-12-21-22(20)16-15-19-17-26(38-29(34)6-2)27(18-24(19)21)39-30(35)7-3/h5-18H,1-4H2. The molecule has 0 radical (unpaired) electrons. The lowest BCUT2D eigenvalue weighted by atomic mass is 9.94. The zero-order valence-corrected chi connectivity index (χ0v) is 21.2. The van der Waals surface area contributed by atoms with E-state index >= 15 is 0 Å². The van der Waals surface area contributed by atoms with Crippen molar-refractivity contribution in [3.8, 4) is 34.1 Å². The number of hydrogen-bond donors (Lipinski definition) is 0. The fraction of sp³-hybridized carbons (Fsp3) is 0. The first kappa shape index (κ1) is 27.3. The molecular weight excluding hydrogens is 512 g/mol. The van der Waals surface area contributed by atoms with Gasteiger partial charge in [0.05, 0.1) is 0 Å². The molecule has 0 saturated carbocycles. The third kappa shape index (κ3) is 5.56. The van der Waals surface area contributed by atoms with Crippen LogP contribution in [0.4, 0.5) is 0 Å². The summed E-state index contributed by atoms with van der Waals surface area (Å²) in [6.45, 7) is 13.6. The zero-order valence-electron chi connectivity index (χ0n) is 21.2. The average Bonchev–Trinajstić information content (AvgIpc) is 2.97. The van der Waals surface area contributed by atoms with E-state index in [0.717, 1.165) is 35.1 Å². The van der Waals surface area contributed by atoms with Gasteiger partial charge in [0.1, 0.15) is 0 Å². The van der Waals surface area contributed by atoms with Gasteiger partial charge in [-0.1, -0.05) is 68.8 Å². The maximum absolute atomic E-state index is 12.2. The van der Waals surface area contributed by atoms with E-state index in [1.54, 1.807) is 36.4 Å². The summed E-state index contributed by atoms with van der Waals surface area (Å²) < 4.78 is 21.5. The van der Waals surface area contributed by atoms with Gasteiger partial charge < -0.3 is 18.9 Å². The normalized spacial score (nSPS) is 10.3. The van der Waals surface area contributed by atoms with E-state index in [1.807, 2.05) is 18.2 Å². The second-order valence-corrected chi connectivity index (χ2v) is 8.12. The van der Waals surface area contributed by atoms with E-state index < -0.39 is 23.9 Å². The van der Waals surface area contributed by atoms with Crippen LogP contribution in [0.1, 0.15) is 0 Å². The molecule has 0 aromatic heterocycles. The molecule has 0 N–H and O–H groups in total. The van der Waals surface area contributed by atoms with Gasteiger partial charge in [-0.05, 0) is 45.3 Å². The first-order chi connectivity index (χ1) is 19.3. The fourth-order valence-electron chi connectivity index (χ4n) is 4.00. The van der Waals surface area contributed by atoms with Gasteiger partial charge >= 0.3 is 23.9 Å². The van der Waals surface area contributed by atoms with Crippen LogP contribution in [0.15, 0.2) is 111 Å². The first-order valence-corrected chi connectivity index (χ1v) is 11.8. The van der Waals surface area contributed by atoms with Crippen molar-refractivity contribution in [3.63, 3.8) is 0 Å². The van der Waals surface area contributed by atoms with Crippen LogP contribution in [0, 0.1) is 0 Å². The molecule has 4 rings (SSSR count). The quantitative estimate of drug-likeness (QED) is 0.111. The Morgan fingerprint density at radius 1 is 0.500 bits per heavy atom. The molecule has 0 saturated heterocycles. The molecule has 0 bridgehead atoms. The second kappa shape index (κ2) is 11.7. The van der Waals surface area contributed by atoms with Crippen molar-refractivity contribution in [2.24, 2.45) is 0 Å². The van der Waals surface area contributed by atoms with Gasteiger partial charge in [-0.3, -0.25) is 0 Å². The van der Waals surface area contributed by atoms with Gasteiger partial charge in [0.25, 0.3) is 0 Å². The number of rotatable bonds is 9.